The number of aliphatic hydroxyl groups is 1. The lowest BCUT2D eigenvalue weighted by Gasteiger charge is -2.21. The molecule has 78 heavy (non-hydrogen) atoms. The van der Waals surface area contributed by atoms with Crippen molar-refractivity contribution in [1.82, 2.24) is 0 Å². The van der Waals surface area contributed by atoms with Gasteiger partial charge in [-0.3, -0.25) is 23.4 Å². The number of allylic oxidation sites excluding steroid dienone is 17. The summed E-state index contributed by atoms with van der Waals surface area (Å²) in [5.41, 5.74) is 0. The first-order valence-electron chi connectivity index (χ1n) is 30.8. The lowest BCUT2D eigenvalue weighted by Crippen LogP contribution is -2.30. The molecule has 0 radical (unpaired) electrons. The zero-order valence-corrected chi connectivity index (χ0v) is 50.2. The van der Waals surface area contributed by atoms with Crippen LogP contribution < -0.4 is 0 Å². The summed E-state index contributed by atoms with van der Waals surface area (Å²) in [4.78, 5) is 48.6. The summed E-state index contributed by atoms with van der Waals surface area (Å²) in [5, 5.41) is 9.81. The Kier molecular flexibility index (Phi) is 56.3. The Hall–Kier alpha value is -3.86. The number of esters is 3. The fourth-order valence-corrected chi connectivity index (χ4v) is 8.81. The van der Waals surface area contributed by atoms with Crippen LogP contribution in [0.1, 0.15) is 252 Å². The maximum atomic E-state index is 12.9. The molecule has 2 N–H and O–H groups in total. The molecule has 0 aromatic rings. The van der Waals surface area contributed by atoms with Crippen LogP contribution in [0.15, 0.2) is 109 Å². The molecule has 0 spiro atoms. The van der Waals surface area contributed by atoms with Gasteiger partial charge in [0.2, 0.25) is 0 Å². The second-order valence-corrected chi connectivity index (χ2v) is 21.6. The number of phosphoric ester groups is 1. The van der Waals surface area contributed by atoms with Gasteiger partial charge in [0.1, 0.15) is 12.7 Å². The zero-order chi connectivity index (χ0) is 56.9. The maximum Gasteiger partial charge on any atom is 0.472 e. The van der Waals surface area contributed by atoms with E-state index in [-0.39, 0.29) is 25.9 Å². The number of hydrogen-bond donors (Lipinski definition) is 2. The first kappa shape index (κ1) is 74.1. The maximum absolute atomic E-state index is 12.9. The van der Waals surface area contributed by atoms with Crippen molar-refractivity contribution in [2.45, 2.75) is 264 Å². The Morgan fingerprint density at radius 2 is 0.718 bits per heavy atom. The van der Waals surface area contributed by atoms with Crippen LogP contribution in [0.3, 0.4) is 0 Å². The Bertz CT molecular complexity index is 1720. The van der Waals surface area contributed by atoms with E-state index in [0.717, 1.165) is 96.3 Å². The van der Waals surface area contributed by atoms with Crippen LogP contribution in [-0.4, -0.2) is 66.5 Å². The molecule has 0 aliphatic carbocycles. The third kappa shape index (κ3) is 56.8. The van der Waals surface area contributed by atoms with E-state index in [1.54, 1.807) is 6.08 Å². The fraction of sp³-hybridized carbons (Fsp3) is 0.682. The molecule has 0 aromatic carbocycles. The van der Waals surface area contributed by atoms with Gasteiger partial charge in [-0.2, -0.15) is 0 Å². The van der Waals surface area contributed by atoms with Crippen LogP contribution >= 0.6 is 7.82 Å². The molecule has 0 aromatic heterocycles. The molecule has 0 saturated heterocycles. The van der Waals surface area contributed by atoms with Crippen LogP contribution in [0.25, 0.3) is 0 Å². The Morgan fingerprint density at radius 3 is 1.13 bits per heavy atom. The topological polar surface area (TPSA) is 155 Å². The average molecular weight is 1110 g/mol. The summed E-state index contributed by atoms with van der Waals surface area (Å²) in [6.07, 6.45) is 72.1. The van der Waals surface area contributed by atoms with Gasteiger partial charge in [-0.15, -0.1) is 0 Å². The molecule has 0 rings (SSSR count). The highest BCUT2D eigenvalue weighted by atomic mass is 31.2. The number of aliphatic hydroxyl groups excluding tert-OH is 1. The van der Waals surface area contributed by atoms with Gasteiger partial charge in [-0.25, -0.2) is 4.57 Å². The highest BCUT2D eigenvalue weighted by Gasteiger charge is 2.28. The molecule has 0 fully saturated rings. The molecule has 0 bridgehead atoms. The van der Waals surface area contributed by atoms with E-state index in [9.17, 15) is 28.9 Å². The van der Waals surface area contributed by atoms with Crippen LogP contribution in [0, 0.1) is 0 Å². The van der Waals surface area contributed by atoms with Crippen molar-refractivity contribution in [3.05, 3.63) is 109 Å². The molecule has 0 saturated carbocycles. The smallest absolute Gasteiger partial charge is 0.462 e. The second kappa shape index (κ2) is 59.3. The van der Waals surface area contributed by atoms with Crippen molar-refractivity contribution in [2.24, 2.45) is 0 Å². The Morgan fingerprint density at radius 1 is 0.385 bits per heavy atom. The molecule has 0 aliphatic heterocycles. The molecule has 12 heteroatoms. The molecular weight excluding hydrogens is 1000 g/mol. The molecule has 446 valence electrons. The largest absolute Gasteiger partial charge is 0.472 e. The quantitative estimate of drug-likeness (QED) is 0.0197. The summed E-state index contributed by atoms with van der Waals surface area (Å²) in [6.45, 7) is 4.37. The van der Waals surface area contributed by atoms with Crippen LogP contribution in [0.5, 0.6) is 0 Å². The number of phosphoric acid groups is 1. The van der Waals surface area contributed by atoms with Gasteiger partial charge >= 0.3 is 25.7 Å². The van der Waals surface area contributed by atoms with E-state index < -0.39 is 57.8 Å². The zero-order valence-electron chi connectivity index (χ0n) is 49.3. The monoisotopic (exact) mass is 1110 g/mol. The van der Waals surface area contributed by atoms with E-state index in [2.05, 4.69) is 106 Å². The van der Waals surface area contributed by atoms with E-state index in [4.69, 9.17) is 23.3 Å². The summed E-state index contributed by atoms with van der Waals surface area (Å²) in [5.74, 6) is -1.62. The fourth-order valence-electron chi connectivity index (χ4n) is 8.02. The van der Waals surface area contributed by atoms with Crippen molar-refractivity contribution in [3.8, 4) is 0 Å². The number of carbonyl (C=O) groups is 3. The molecule has 0 aliphatic rings. The number of hydrogen-bond acceptors (Lipinski definition) is 10. The SMILES string of the molecule is CC/C=C\C/C=C\C/C=C\C/C=C\C/C=C\CC(=O)OC(CO)COP(=O)(O)OCC(COC(=O)CCCCCCCCCCC/C=C\C/C=C\CCCCC)OC(=O)CCCCCCCCC/C=C\C/C=C\CCCCC. The van der Waals surface area contributed by atoms with E-state index in [0.29, 0.717) is 19.3 Å². The first-order valence-corrected chi connectivity index (χ1v) is 32.3. The van der Waals surface area contributed by atoms with E-state index in [1.165, 1.54) is 96.3 Å². The van der Waals surface area contributed by atoms with Gasteiger partial charge in [-0.1, -0.05) is 233 Å². The van der Waals surface area contributed by atoms with Crippen LogP contribution in [-0.2, 0) is 42.2 Å². The highest BCUT2D eigenvalue weighted by molar-refractivity contribution is 7.47. The second-order valence-electron chi connectivity index (χ2n) is 20.1. The van der Waals surface area contributed by atoms with Gasteiger partial charge in [-0.05, 0) is 109 Å². The highest BCUT2D eigenvalue weighted by Crippen LogP contribution is 2.43. The molecular formula is C66H111O11P. The summed E-state index contributed by atoms with van der Waals surface area (Å²) in [6, 6.07) is 0. The molecule has 0 amide bonds. The predicted octanol–water partition coefficient (Wildman–Crippen LogP) is 18.6. The minimum Gasteiger partial charge on any atom is -0.462 e. The molecule has 11 nitrogen and oxygen atoms in total. The van der Waals surface area contributed by atoms with Gasteiger partial charge in [0.15, 0.2) is 6.10 Å². The van der Waals surface area contributed by atoms with Gasteiger partial charge in [0.05, 0.1) is 26.2 Å². The summed E-state index contributed by atoms with van der Waals surface area (Å²) < 4.78 is 39.5. The van der Waals surface area contributed by atoms with Crippen molar-refractivity contribution >= 4 is 25.7 Å². The minimum atomic E-state index is -4.78. The third-order valence-corrected chi connectivity index (χ3v) is 13.6. The van der Waals surface area contributed by atoms with Crippen molar-refractivity contribution in [1.29, 1.82) is 0 Å². The third-order valence-electron chi connectivity index (χ3n) is 12.7. The van der Waals surface area contributed by atoms with Crippen molar-refractivity contribution < 1.29 is 52.2 Å². The number of carbonyl (C=O) groups excluding carboxylic acids is 3. The summed E-state index contributed by atoms with van der Waals surface area (Å²) >= 11 is 0. The first-order chi connectivity index (χ1) is 38.2. The van der Waals surface area contributed by atoms with Gasteiger partial charge < -0.3 is 24.2 Å². The standard InChI is InChI=1S/C66H111O11P/c1-4-7-10-13-16-19-22-25-28-30-31-33-35-37-40-43-46-49-52-55-64(68)73-59-63(77-66(70)57-54-51-48-45-42-39-36-32-29-26-23-20-17-14-11-8-5-2)61-75-78(71,72)74-60-62(58-67)76-65(69)56-53-50-47-44-41-38-34-27-24-21-18-15-12-9-6-3/h9,12,16-21,25-29,34,41,44,50,53,62-63,67H,4-8,10-11,13-15,22-24,30-33,35-40,42-43,45-49,51-52,54-61H2,1-3H3,(H,71,72)/b12-9-,19-16-,20-17-,21-18-,28-25-,29-26-,34-27-,44-41-,53-50-. The van der Waals surface area contributed by atoms with Crippen molar-refractivity contribution in [2.75, 3.05) is 26.4 Å². The lowest BCUT2D eigenvalue weighted by atomic mass is 10.1. The normalized spacial score (nSPS) is 14.1. The Balaban J connectivity index is 4.81. The Labute approximate surface area is 475 Å². The van der Waals surface area contributed by atoms with Gasteiger partial charge in [0.25, 0.3) is 0 Å². The predicted molar refractivity (Wildman–Crippen MR) is 325 cm³/mol. The van der Waals surface area contributed by atoms with E-state index >= 15 is 0 Å². The molecule has 3 unspecified atom stereocenters. The average Bonchev–Trinajstić information content (AvgIpc) is 3.43. The molecule has 3 atom stereocenters. The van der Waals surface area contributed by atoms with Gasteiger partial charge in [0, 0.05) is 12.8 Å². The van der Waals surface area contributed by atoms with Crippen molar-refractivity contribution in [3.63, 3.8) is 0 Å². The van der Waals surface area contributed by atoms with Crippen LogP contribution in [0.2, 0.25) is 0 Å². The minimum absolute atomic E-state index is 0.0597. The van der Waals surface area contributed by atoms with E-state index in [1.807, 2.05) is 18.2 Å². The van der Waals surface area contributed by atoms with Crippen LogP contribution in [0.4, 0.5) is 0 Å². The molecule has 0 heterocycles. The number of ether oxygens (including phenoxy) is 3. The number of unbranched alkanes of at least 4 members (excludes halogenated alkanes) is 22. The summed E-state index contributed by atoms with van der Waals surface area (Å²) in [7, 11) is -4.78. The number of rotatable bonds is 56. The lowest BCUT2D eigenvalue weighted by molar-refractivity contribution is -0.161.